The Labute approximate surface area is 121 Å². The fraction of sp³-hybridized carbons (Fsp3) is 0.571. The van der Waals surface area contributed by atoms with Crippen molar-refractivity contribution in [3.8, 4) is 0 Å². The molecule has 0 aliphatic carbocycles. The van der Waals surface area contributed by atoms with Gasteiger partial charge in [0.05, 0.1) is 5.69 Å². The van der Waals surface area contributed by atoms with Gasteiger partial charge < -0.3 is 10.6 Å². The topological polar surface area (TPSA) is 75.4 Å². The summed E-state index contributed by atoms with van der Waals surface area (Å²) >= 11 is 0. The lowest BCUT2D eigenvalue weighted by molar-refractivity contribution is 0.503. The molecule has 0 unspecified atom stereocenters. The molecule has 1 aliphatic heterocycles. The molecule has 1 fully saturated rings. The van der Waals surface area contributed by atoms with Crippen molar-refractivity contribution in [3.05, 3.63) is 24.3 Å². The maximum Gasteiger partial charge on any atom is 0.242 e. The Hall–Kier alpha value is -1.11. The number of rotatable bonds is 4. The molecule has 3 N–H and O–H groups in total. The van der Waals surface area contributed by atoms with Crippen molar-refractivity contribution >= 4 is 15.7 Å². The Morgan fingerprint density at radius 2 is 2.05 bits per heavy atom. The number of nitrogens with two attached hydrogens (primary N) is 1. The van der Waals surface area contributed by atoms with Crippen LogP contribution in [0.25, 0.3) is 0 Å². The van der Waals surface area contributed by atoms with Crippen molar-refractivity contribution in [1.29, 1.82) is 0 Å². The maximum atomic E-state index is 12.4. The first-order chi connectivity index (χ1) is 9.40. The number of anilines is 1. The van der Waals surface area contributed by atoms with E-state index in [1.165, 1.54) is 0 Å². The van der Waals surface area contributed by atoms with Crippen LogP contribution in [-0.2, 0) is 10.0 Å². The molecule has 5 nitrogen and oxygen atoms in total. The smallest absolute Gasteiger partial charge is 0.242 e. The molecular weight excluding hydrogens is 274 g/mol. The summed E-state index contributed by atoms with van der Waals surface area (Å²) in [5, 5.41) is 0. The molecule has 1 aromatic rings. The van der Waals surface area contributed by atoms with E-state index in [1.54, 1.807) is 12.1 Å². The van der Waals surface area contributed by atoms with Crippen molar-refractivity contribution in [2.45, 2.75) is 43.7 Å². The summed E-state index contributed by atoms with van der Waals surface area (Å²) in [5.74, 6) is 0. The van der Waals surface area contributed by atoms with Gasteiger partial charge in [-0.15, -0.1) is 0 Å². The van der Waals surface area contributed by atoms with Crippen LogP contribution < -0.4 is 15.4 Å². The van der Waals surface area contributed by atoms with E-state index in [0.29, 0.717) is 11.4 Å². The predicted molar refractivity (Wildman–Crippen MR) is 81.3 cm³/mol. The molecular formula is C14H23N3O2S. The molecule has 0 saturated carbocycles. The number of nitrogens with zero attached hydrogens (tertiary/aromatic N) is 1. The van der Waals surface area contributed by atoms with Gasteiger partial charge in [-0.05, 0) is 38.8 Å². The van der Waals surface area contributed by atoms with Gasteiger partial charge in [-0.2, -0.15) is 0 Å². The number of nitrogens with one attached hydrogen (secondary N) is 1. The highest BCUT2D eigenvalue weighted by molar-refractivity contribution is 7.89. The zero-order valence-corrected chi connectivity index (χ0v) is 12.9. The van der Waals surface area contributed by atoms with Crippen LogP contribution in [0.4, 0.5) is 5.69 Å². The van der Waals surface area contributed by atoms with E-state index >= 15 is 0 Å². The Bertz CT molecular complexity index is 557. The summed E-state index contributed by atoms with van der Waals surface area (Å²) in [6.07, 6.45) is 1.99. The molecule has 0 aromatic heterocycles. The highest BCUT2D eigenvalue weighted by Crippen LogP contribution is 2.27. The number of para-hydroxylation sites is 1. The van der Waals surface area contributed by atoms with Crippen LogP contribution in [0.15, 0.2) is 29.2 Å². The number of piperidine rings is 1. The third-order valence-electron chi connectivity index (χ3n) is 3.34. The van der Waals surface area contributed by atoms with E-state index in [1.807, 2.05) is 26.0 Å². The Morgan fingerprint density at radius 1 is 1.35 bits per heavy atom. The molecule has 0 amide bonds. The molecule has 1 saturated heterocycles. The lowest BCUT2D eigenvalue weighted by Crippen LogP contribution is -2.43. The first kappa shape index (κ1) is 15.3. The first-order valence-corrected chi connectivity index (χ1v) is 8.50. The van der Waals surface area contributed by atoms with Crippen molar-refractivity contribution < 1.29 is 8.42 Å². The van der Waals surface area contributed by atoms with E-state index in [4.69, 9.17) is 5.73 Å². The summed E-state index contributed by atoms with van der Waals surface area (Å²) in [4.78, 5) is 2.41. The third kappa shape index (κ3) is 3.50. The number of sulfonamides is 1. The van der Waals surface area contributed by atoms with Crippen LogP contribution >= 0.6 is 0 Å². The fourth-order valence-electron chi connectivity index (χ4n) is 2.55. The predicted octanol–water partition coefficient (Wildman–Crippen LogP) is 1.30. The van der Waals surface area contributed by atoms with Crippen molar-refractivity contribution in [2.24, 2.45) is 5.73 Å². The third-order valence-corrected chi connectivity index (χ3v) is 5.05. The van der Waals surface area contributed by atoms with Crippen molar-refractivity contribution in [2.75, 3.05) is 18.0 Å². The van der Waals surface area contributed by atoms with Crippen molar-refractivity contribution in [3.63, 3.8) is 0 Å². The molecule has 1 heterocycles. The van der Waals surface area contributed by atoms with Gasteiger partial charge in [-0.3, -0.25) is 0 Å². The van der Waals surface area contributed by atoms with Crippen LogP contribution in [0.3, 0.4) is 0 Å². The average Bonchev–Trinajstić information content (AvgIpc) is 2.37. The van der Waals surface area contributed by atoms with E-state index < -0.39 is 10.0 Å². The molecule has 0 spiro atoms. The second-order valence-corrected chi connectivity index (χ2v) is 7.27. The summed E-state index contributed by atoms with van der Waals surface area (Å²) in [7, 11) is -3.49. The van der Waals surface area contributed by atoms with Gasteiger partial charge in [0, 0.05) is 25.2 Å². The lowest BCUT2D eigenvalue weighted by atomic mass is 10.1. The Balaban J connectivity index is 2.35. The maximum absolute atomic E-state index is 12.4. The first-order valence-electron chi connectivity index (χ1n) is 7.02. The van der Waals surface area contributed by atoms with E-state index in [0.717, 1.165) is 25.1 Å². The lowest BCUT2D eigenvalue weighted by Gasteiger charge is -2.33. The number of hydrogen-bond donors (Lipinski definition) is 2. The number of benzene rings is 1. The SMILES string of the molecule is CC(C)NS(=O)(=O)c1ccccc1N1CCC[C@@H](N)C1. The van der Waals surface area contributed by atoms with E-state index in [9.17, 15) is 8.42 Å². The van der Waals surface area contributed by atoms with Crippen LogP contribution in [0.2, 0.25) is 0 Å². The minimum atomic E-state index is -3.49. The molecule has 0 bridgehead atoms. The number of hydrogen-bond acceptors (Lipinski definition) is 4. The van der Waals surface area contributed by atoms with Gasteiger partial charge in [0.15, 0.2) is 0 Å². The summed E-state index contributed by atoms with van der Waals surface area (Å²) in [6, 6.07) is 7.11. The quantitative estimate of drug-likeness (QED) is 0.878. The molecule has 1 atom stereocenters. The van der Waals surface area contributed by atoms with Gasteiger partial charge in [-0.1, -0.05) is 12.1 Å². The zero-order chi connectivity index (χ0) is 14.8. The second kappa shape index (κ2) is 6.11. The van der Waals surface area contributed by atoms with E-state index in [-0.39, 0.29) is 12.1 Å². The fourth-order valence-corrected chi connectivity index (χ4v) is 4.03. The minimum absolute atomic E-state index is 0.109. The van der Waals surface area contributed by atoms with Gasteiger partial charge in [0.25, 0.3) is 0 Å². The molecule has 2 rings (SSSR count). The highest BCUT2D eigenvalue weighted by atomic mass is 32.2. The monoisotopic (exact) mass is 297 g/mol. The van der Waals surface area contributed by atoms with Crippen LogP contribution in [0.1, 0.15) is 26.7 Å². The highest BCUT2D eigenvalue weighted by Gasteiger charge is 2.24. The molecule has 6 heteroatoms. The van der Waals surface area contributed by atoms with Crippen LogP contribution in [-0.4, -0.2) is 33.6 Å². The second-order valence-electron chi connectivity index (χ2n) is 5.59. The molecule has 1 aromatic carbocycles. The van der Waals surface area contributed by atoms with Crippen LogP contribution in [0.5, 0.6) is 0 Å². The van der Waals surface area contributed by atoms with Gasteiger partial charge in [0.1, 0.15) is 4.90 Å². The normalized spacial score (nSPS) is 20.4. The molecule has 112 valence electrons. The zero-order valence-electron chi connectivity index (χ0n) is 12.0. The van der Waals surface area contributed by atoms with E-state index in [2.05, 4.69) is 9.62 Å². The summed E-state index contributed by atoms with van der Waals surface area (Å²) in [5.41, 5.74) is 6.74. The van der Waals surface area contributed by atoms with Gasteiger partial charge >= 0.3 is 0 Å². The molecule has 1 aliphatic rings. The van der Waals surface area contributed by atoms with Gasteiger partial charge in [0.2, 0.25) is 10.0 Å². The minimum Gasteiger partial charge on any atom is -0.369 e. The largest absolute Gasteiger partial charge is 0.369 e. The van der Waals surface area contributed by atoms with Crippen LogP contribution in [0, 0.1) is 0 Å². The van der Waals surface area contributed by atoms with Gasteiger partial charge in [-0.25, -0.2) is 13.1 Å². The summed E-state index contributed by atoms with van der Waals surface area (Å²) < 4.78 is 27.5. The standard InChI is InChI=1S/C14H23N3O2S/c1-11(2)16-20(18,19)14-8-4-3-7-13(14)17-9-5-6-12(15)10-17/h3-4,7-8,11-12,16H,5-6,9-10,15H2,1-2H3/t12-/m1/s1. The van der Waals surface area contributed by atoms with Crippen molar-refractivity contribution in [1.82, 2.24) is 4.72 Å². The Kier molecular flexibility index (Phi) is 4.67. The average molecular weight is 297 g/mol. The summed E-state index contributed by atoms with van der Waals surface area (Å²) in [6.45, 7) is 5.18. The Morgan fingerprint density at radius 3 is 2.70 bits per heavy atom. The molecule has 20 heavy (non-hydrogen) atoms. The molecule has 0 radical (unpaired) electrons.